The van der Waals surface area contributed by atoms with E-state index in [0.717, 1.165) is 6.42 Å². The molecule has 2 saturated heterocycles. The molecule has 0 saturated carbocycles. The van der Waals surface area contributed by atoms with Crippen molar-refractivity contribution in [1.82, 2.24) is 19.6 Å². The van der Waals surface area contributed by atoms with Gasteiger partial charge in [0.05, 0.1) is 0 Å². The highest BCUT2D eigenvalue weighted by Crippen LogP contribution is 2.31. The molecule has 1 N–H and O–H groups in total. The van der Waals surface area contributed by atoms with E-state index in [1.54, 1.807) is 28.3 Å². The molecule has 3 heterocycles. The molecular formula is C16H22N4O4. The van der Waals surface area contributed by atoms with Crippen LogP contribution in [0.3, 0.4) is 0 Å². The van der Waals surface area contributed by atoms with Crippen molar-refractivity contribution in [2.75, 3.05) is 19.6 Å². The van der Waals surface area contributed by atoms with Crippen molar-refractivity contribution in [3.05, 3.63) is 18.5 Å². The number of carbonyl (C=O) groups excluding carboxylic acids is 2. The molecular weight excluding hydrogens is 312 g/mol. The Labute approximate surface area is 140 Å². The minimum Gasteiger partial charge on any atom is -0.479 e. The number of piperidine rings is 1. The van der Waals surface area contributed by atoms with Crippen LogP contribution >= 0.6 is 0 Å². The minimum absolute atomic E-state index is 0.0674. The van der Waals surface area contributed by atoms with Crippen LogP contribution in [0.25, 0.3) is 0 Å². The van der Waals surface area contributed by atoms with Crippen molar-refractivity contribution in [1.29, 1.82) is 0 Å². The van der Waals surface area contributed by atoms with Crippen molar-refractivity contribution < 1.29 is 19.5 Å². The number of carboxylic acid groups (broad SMARTS) is 1. The van der Waals surface area contributed by atoms with Gasteiger partial charge in [-0.05, 0) is 18.9 Å². The number of amides is 2. The van der Waals surface area contributed by atoms with Crippen LogP contribution in [0.4, 0.5) is 0 Å². The summed E-state index contributed by atoms with van der Waals surface area (Å²) in [5, 5.41) is 13.8. The van der Waals surface area contributed by atoms with Gasteiger partial charge < -0.3 is 14.9 Å². The van der Waals surface area contributed by atoms with Gasteiger partial charge in [-0.2, -0.15) is 5.10 Å². The Morgan fingerprint density at radius 3 is 2.46 bits per heavy atom. The maximum atomic E-state index is 12.7. The molecule has 1 aromatic rings. The van der Waals surface area contributed by atoms with Crippen molar-refractivity contribution >= 4 is 17.8 Å². The number of likely N-dealkylation sites (tertiary alicyclic amines) is 2. The molecule has 3 rings (SSSR count). The van der Waals surface area contributed by atoms with E-state index in [-0.39, 0.29) is 11.8 Å². The second-order valence-corrected chi connectivity index (χ2v) is 6.48. The van der Waals surface area contributed by atoms with Crippen molar-refractivity contribution in [2.45, 2.75) is 44.2 Å². The SMILES string of the molecule is CC(=O)N1CCC[C@H]1C(=O)N1CCC(C(=O)O)(n2cccn2)CC1. The predicted molar refractivity (Wildman–Crippen MR) is 84.1 cm³/mol. The molecule has 0 aromatic carbocycles. The molecule has 2 aliphatic rings. The maximum Gasteiger partial charge on any atom is 0.331 e. The summed E-state index contributed by atoms with van der Waals surface area (Å²) in [5.41, 5.74) is -1.10. The zero-order valence-corrected chi connectivity index (χ0v) is 13.7. The lowest BCUT2D eigenvalue weighted by Crippen LogP contribution is -2.55. The number of aliphatic carboxylic acids is 1. The molecule has 2 aliphatic heterocycles. The average Bonchev–Trinajstić information content (AvgIpc) is 3.25. The van der Waals surface area contributed by atoms with E-state index in [1.165, 1.54) is 11.6 Å². The van der Waals surface area contributed by atoms with Gasteiger partial charge in [0.1, 0.15) is 6.04 Å². The first-order valence-corrected chi connectivity index (χ1v) is 8.25. The van der Waals surface area contributed by atoms with Crippen LogP contribution < -0.4 is 0 Å². The second-order valence-electron chi connectivity index (χ2n) is 6.48. The summed E-state index contributed by atoms with van der Waals surface area (Å²) in [4.78, 5) is 39.5. The minimum atomic E-state index is -1.10. The molecule has 0 spiro atoms. The topological polar surface area (TPSA) is 95.7 Å². The highest BCUT2D eigenvalue weighted by Gasteiger charge is 2.46. The van der Waals surface area contributed by atoms with E-state index >= 15 is 0 Å². The van der Waals surface area contributed by atoms with Crippen LogP contribution in [0.15, 0.2) is 18.5 Å². The number of carbonyl (C=O) groups is 3. The van der Waals surface area contributed by atoms with Crippen LogP contribution in [-0.4, -0.2) is 68.1 Å². The molecule has 24 heavy (non-hydrogen) atoms. The lowest BCUT2D eigenvalue weighted by atomic mass is 9.87. The molecule has 0 radical (unpaired) electrons. The lowest BCUT2D eigenvalue weighted by molar-refractivity contribution is -0.154. The van der Waals surface area contributed by atoms with Gasteiger partial charge in [-0.3, -0.25) is 14.3 Å². The summed E-state index contributed by atoms with van der Waals surface area (Å²) in [7, 11) is 0. The van der Waals surface area contributed by atoms with Gasteiger partial charge in [-0.15, -0.1) is 0 Å². The average molecular weight is 334 g/mol. The first-order chi connectivity index (χ1) is 11.5. The Morgan fingerprint density at radius 2 is 1.92 bits per heavy atom. The Hall–Kier alpha value is -2.38. The molecule has 0 aliphatic carbocycles. The van der Waals surface area contributed by atoms with E-state index < -0.39 is 17.6 Å². The normalized spacial score (nSPS) is 23.3. The lowest BCUT2D eigenvalue weighted by Gasteiger charge is -2.40. The third-order valence-electron chi connectivity index (χ3n) is 5.19. The smallest absolute Gasteiger partial charge is 0.331 e. The van der Waals surface area contributed by atoms with Crippen LogP contribution in [0.1, 0.15) is 32.6 Å². The zero-order valence-electron chi connectivity index (χ0n) is 13.7. The number of rotatable bonds is 3. The van der Waals surface area contributed by atoms with E-state index in [1.807, 2.05) is 0 Å². The Kier molecular flexibility index (Phi) is 4.29. The summed E-state index contributed by atoms with van der Waals surface area (Å²) in [6.07, 6.45) is 5.34. The molecule has 1 aromatic heterocycles. The highest BCUT2D eigenvalue weighted by atomic mass is 16.4. The Morgan fingerprint density at radius 1 is 1.21 bits per heavy atom. The number of carboxylic acids is 1. The first kappa shape index (κ1) is 16.5. The predicted octanol–water partition coefficient (Wildman–Crippen LogP) is 0.296. The Bertz CT molecular complexity index is 635. The van der Waals surface area contributed by atoms with Gasteiger partial charge in [0.15, 0.2) is 5.54 Å². The molecule has 1 atom stereocenters. The first-order valence-electron chi connectivity index (χ1n) is 8.25. The quantitative estimate of drug-likeness (QED) is 0.857. The molecule has 130 valence electrons. The van der Waals surface area contributed by atoms with Crippen molar-refractivity contribution in [3.63, 3.8) is 0 Å². The maximum absolute atomic E-state index is 12.7. The number of nitrogens with zero attached hydrogens (tertiary/aromatic N) is 4. The van der Waals surface area contributed by atoms with Crippen molar-refractivity contribution in [3.8, 4) is 0 Å². The highest BCUT2D eigenvalue weighted by molar-refractivity contribution is 5.88. The molecule has 8 nitrogen and oxygen atoms in total. The van der Waals surface area contributed by atoms with Gasteiger partial charge in [0.2, 0.25) is 11.8 Å². The third-order valence-corrected chi connectivity index (χ3v) is 5.19. The third kappa shape index (κ3) is 2.65. The van der Waals surface area contributed by atoms with Gasteiger partial charge in [0, 0.05) is 51.8 Å². The number of hydrogen-bond acceptors (Lipinski definition) is 4. The van der Waals surface area contributed by atoms with Gasteiger partial charge in [-0.25, -0.2) is 4.79 Å². The van der Waals surface area contributed by atoms with Gasteiger partial charge >= 0.3 is 5.97 Å². The summed E-state index contributed by atoms with van der Waals surface area (Å²) < 4.78 is 1.48. The number of aromatic nitrogens is 2. The molecule has 2 amide bonds. The van der Waals surface area contributed by atoms with Crippen LogP contribution in [0.2, 0.25) is 0 Å². The fourth-order valence-corrected chi connectivity index (χ4v) is 3.77. The van der Waals surface area contributed by atoms with Crippen LogP contribution in [-0.2, 0) is 19.9 Å². The number of hydrogen-bond donors (Lipinski definition) is 1. The van der Waals surface area contributed by atoms with E-state index in [0.29, 0.717) is 38.9 Å². The summed E-state index contributed by atoms with van der Waals surface area (Å²) >= 11 is 0. The fraction of sp³-hybridized carbons (Fsp3) is 0.625. The van der Waals surface area contributed by atoms with E-state index in [2.05, 4.69) is 5.10 Å². The van der Waals surface area contributed by atoms with Crippen molar-refractivity contribution in [2.24, 2.45) is 0 Å². The molecule has 0 unspecified atom stereocenters. The fourth-order valence-electron chi connectivity index (χ4n) is 3.77. The second kappa shape index (κ2) is 6.26. The van der Waals surface area contributed by atoms with E-state index in [9.17, 15) is 19.5 Å². The van der Waals surface area contributed by atoms with Crippen LogP contribution in [0.5, 0.6) is 0 Å². The van der Waals surface area contributed by atoms with Gasteiger partial charge in [0.25, 0.3) is 0 Å². The largest absolute Gasteiger partial charge is 0.479 e. The summed E-state index contributed by atoms with van der Waals surface area (Å²) in [6.45, 7) is 2.81. The monoisotopic (exact) mass is 334 g/mol. The summed E-state index contributed by atoms with van der Waals surface area (Å²) in [5.74, 6) is -1.08. The van der Waals surface area contributed by atoms with Gasteiger partial charge in [-0.1, -0.05) is 0 Å². The molecule has 0 bridgehead atoms. The summed E-state index contributed by atoms with van der Waals surface area (Å²) in [6, 6.07) is 1.30. The van der Waals surface area contributed by atoms with E-state index in [4.69, 9.17) is 0 Å². The molecule has 2 fully saturated rings. The van der Waals surface area contributed by atoms with Crippen LogP contribution in [0, 0.1) is 0 Å². The standard InChI is InChI=1S/C16H22N4O4/c1-12(21)19-8-2-4-13(19)14(22)18-10-5-16(6-11-18,15(23)24)20-9-3-7-17-20/h3,7,9,13H,2,4-6,8,10-11H2,1H3,(H,23,24)/t13-/m0/s1. The Balaban J connectivity index is 1.71. The zero-order chi connectivity index (χ0) is 17.3. The molecule has 8 heteroatoms.